The van der Waals surface area contributed by atoms with E-state index in [1.54, 1.807) is 23.7 Å². The van der Waals surface area contributed by atoms with Gasteiger partial charge in [-0.1, -0.05) is 0 Å². The number of nitrogens with zero attached hydrogens (tertiary/aromatic N) is 3. The van der Waals surface area contributed by atoms with Crippen LogP contribution in [0.15, 0.2) is 11.7 Å². The number of likely N-dealkylation sites (N-methyl/N-ethyl adjacent to an activating group) is 2. The quantitative estimate of drug-likeness (QED) is 0.796. The van der Waals surface area contributed by atoms with Crippen LogP contribution in [-0.4, -0.2) is 66.4 Å². The third-order valence-electron chi connectivity index (χ3n) is 3.04. The van der Waals surface area contributed by atoms with E-state index in [1.165, 1.54) is 11.3 Å². The van der Waals surface area contributed by atoms with Crippen molar-refractivity contribution in [3.05, 3.63) is 16.6 Å². The average Bonchev–Trinajstić information content (AvgIpc) is 2.90. The molecule has 2 amide bonds. The Morgan fingerprint density at radius 3 is 2.89 bits per heavy atom. The van der Waals surface area contributed by atoms with Gasteiger partial charge in [0.15, 0.2) is 0 Å². The van der Waals surface area contributed by atoms with E-state index in [9.17, 15) is 9.59 Å². The summed E-state index contributed by atoms with van der Waals surface area (Å²) in [7, 11) is 3.54. The molecule has 1 aliphatic heterocycles. The molecule has 1 aromatic rings. The average molecular weight is 268 g/mol. The first-order chi connectivity index (χ1) is 8.63. The molecule has 0 aromatic carbocycles. The number of carbonyl (C=O) groups is 2. The number of amides is 2. The highest BCUT2D eigenvalue weighted by molar-refractivity contribution is 7.11. The highest BCUT2D eigenvalue weighted by atomic mass is 32.1. The Morgan fingerprint density at radius 1 is 1.50 bits per heavy atom. The molecule has 1 atom stereocenters. The van der Waals surface area contributed by atoms with Gasteiger partial charge >= 0.3 is 0 Å². The van der Waals surface area contributed by atoms with Crippen molar-refractivity contribution >= 4 is 23.2 Å². The second kappa shape index (κ2) is 5.45. The van der Waals surface area contributed by atoms with Gasteiger partial charge in [0.05, 0.1) is 11.7 Å². The molecule has 18 heavy (non-hydrogen) atoms. The number of piperazine rings is 1. The molecule has 0 spiro atoms. The summed E-state index contributed by atoms with van der Waals surface area (Å²) in [6.45, 7) is 1.90. The van der Waals surface area contributed by atoms with Gasteiger partial charge in [-0.25, -0.2) is 0 Å². The first-order valence-corrected chi connectivity index (χ1v) is 6.61. The molecule has 0 saturated carbocycles. The summed E-state index contributed by atoms with van der Waals surface area (Å²) < 4.78 is 0. The Balaban J connectivity index is 2.18. The Bertz CT molecular complexity index is 434. The van der Waals surface area contributed by atoms with E-state index in [0.29, 0.717) is 18.0 Å². The summed E-state index contributed by atoms with van der Waals surface area (Å²) >= 11 is 1.30. The lowest BCUT2D eigenvalue weighted by Crippen LogP contribution is -2.59. The minimum atomic E-state index is -0.427. The molecule has 6 nitrogen and oxygen atoms in total. The lowest BCUT2D eigenvalue weighted by atomic mass is 10.1. The molecule has 2 rings (SSSR count). The van der Waals surface area contributed by atoms with Gasteiger partial charge in [0.1, 0.15) is 10.9 Å². The van der Waals surface area contributed by atoms with Crippen molar-refractivity contribution in [1.82, 2.24) is 20.1 Å². The summed E-state index contributed by atoms with van der Waals surface area (Å²) in [6.07, 6.45) is 1.55. The summed E-state index contributed by atoms with van der Waals surface area (Å²) in [4.78, 5) is 32.3. The van der Waals surface area contributed by atoms with Crippen molar-refractivity contribution in [3.63, 3.8) is 0 Å². The van der Waals surface area contributed by atoms with Crippen LogP contribution in [-0.2, 0) is 4.79 Å². The lowest BCUT2D eigenvalue weighted by Gasteiger charge is -2.38. The molecular weight excluding hydrogens is 252 g/mol. The van der Waals surface area contributed by atoms with E-state index in [-0.39, 0.29) is 11.8 Å². The van der Waals surface area contributed by atoms with Crippen LogP contribution in [0.2, 0.25) is 0 Å². The third kappa shape index (κ3) is 2.51. The molecule has 1 aliphatic rings. The van der Waals surface area contributed by atoms with Crippen LogP contribution in [0.1, 0.15) is 9.67 Å². The van der Waals surface area contributed by atoms with Crippen LogP contribution in [0, 0.1) is 0 Å². The first-order valence-electron chi connectivity index (χ1n) is 5.73. The van der Waals surface area contributed by atoms with E-state index in [4.69, 9.17) is 0 Å². The molecule has 98 valence electrons. The minimum absolute atomic E-state index is 0.112. The minimum Gasteiger partial charge on any atom is -0.357 e. The smallest absolute Gasteiger partial charge is 0.266 e. The number of nitrogens with one attached hydrogen (secondary N) is 1. The Kier molecular flexibility index (Phi) is 3.93. The van der Waals surface area contributed by atoms with Gasteiger partial charge in [0, 0.05) is 26.7 Å². The molecule has 0 radical (unpaired) electrons. The molecule has 1 saturated heterocycles. The summed E-state index contributed by atoms with van der Waals surface area (Å²) in [5.41, 5.74) is 1.62. The maximum absolute atomic E-state index is 12.3. The van der Waals surface area contributed by atoms with Crippen LogP contribution in [0.3, 0.4) is 0 Å². The maximum Gasteiger partial charge on any atom is 0.266 e. The number of hydrogen-bond donors (Lipinski definition) is 1. The number of aromatic nitrogens is 1. The van der Waals surface area contributed by atoms with Gasteiger partial charge in [-0.2, -0.15) is 0 Å². The second-order valence-electron chi connectivity index (χ2n) is 4.26. The molecule has 1 fully saturated rings. The molecular formula is C11H16N4O2S. The standard InChI is InChI=1S/C11H16N4O2S/c1-12-10(16)8-6-14(2)3-4-15(8)11(17)9-5-13-7-18-9/h5,7-8H,3-4,6H2,1-2H3,(H,12,16)/t8-/m0/s1. The van der Waals surface area contributed by atoms with E-state index < -0.39 is 6.04 Å². The Hall–Kier alpha value is -1.47. The fourth-order valence-electron chi connectivity index (χ4n) is 2.02. The Morgan fingerprint density at radius 2 is 2.28 bits per heavy atom. The summed E-state index contributed by atoms with van der Waals surface area (Å²) in [5.74, 6) is -0.237. The zero-order valence-corrected chi connectivity index (χ0v) is 11.2. The van der Waals surface area contributed by atoms with Gasteiger partial charge in [-0.15, -0.1) is 11.3 Å². The van der Waals surface area contributed by atoms with E-state index >= 15 is 0 Å². The summed E-state index contributed by atoms with van der Waals surface area (Å²) in [5, 5.41) is 2.61. The van der Waals surface area contributed by atoms with Crippen molar-refractivity contribution in [2.45, 2.75) is 6.04 Å². The molecule has 0 aliphatic carbocycles. The Labute approximate surface area is 110 Å². The fourth-order valence-corrected chi connectivity index (χ4v) is 2.59. The van der Waals surface area contributed by atoms with Crippen LogP contribution in [0.4, 0.5) is 0 Å². The predicted octanol–water partition coefficient (Wildman–Crippen LogP) is -0.355. The number of thiazole rings is 1. The van der Waals surface area contributed by atoms with E-state index in [0.717, 1.165) is 6.54 Å². The first kappa shape index (κ1) is 13.0. The van der Waals surface area contributed by atoms with E-state index in [2.05, 4.69) is 15.2 Å². The fraction of sp³-hybridized carbons (Fsp3) is 0.545. The van der Waals surface area contributed by atoms with Gasteiger partial charge in [-0.3, -0.25) is 14.6 Å². The van der Waals surface area contributed by atoms with Crippen molar-refractivity contribution in [2.24, 2.45) is 0 Å². The van der Waals surface area contributed by atoms with Crippen molar-refractivity contribution in [2.75, 3.05) is 33.7 Å². The predicted molar refractivity (Wildman–Crippen MR) is 68.5 cm³/mol. The number of hydrogen-bond acceptors (Lipinski definition) is 5. The highest BCUT2D eigenvalue weighted by Crippen LogP contribution is 2.16. The third-order valence-corrected chi connectivity index (χ3v) is 3.80. The zero-order chi connectivity index (χ0) is 13.1. The highest BCUT2D eigenvalue weighted by Gasteiger charge is 2.34. The van der Waals surface area contributed by atoms with Crippen LogP contribution >= 0.6 is 11.3 Å². The van der Waals surface area contributed by atoms with Gasteiger partial charge < -0.3 is 15.1 Å². The monoisotopic (exact) mass is 268 g/mol. The van der Waals surface area contributed by atoms with Crippen molar-refractivity contribution < 1.29 is 9.59 Å². The van der Waals surface area contributed by atoms with Crippen LogP contribution in [0.25, 0.3) is 0 Å². The van der Waals surface area contributed by atoms with Gasteiger partial charge in [-0.05, 0) is 7.05 Å². The maximum atomic E-state index is 12.3. The normalized spacial score (nSPS) is 20.8. The topological polar surface area (TPSA) is 65.5 Å². The lowest BCUT2D eigenvalue weighted by molar-refractivity contribution is -0.126. The zero-order valence-electron chi connectivity index (χ0n) is 10.4. The largest absolute Gasteiger partial charge is 0.357 e. The van der Waals surface area contributed by atoms with Gasteiger partial charge in [0.25, 0.3) is 5.91 Å². The van der Waals surface area contributed by atoms with Crippen molar-refractivity contribution in [1.29, 1.82) is 0 Å². The number of rotatable bonds is 2. The van der Waals surface area contributed by atoms with E-state index in [1.807, 2.05) is 7.05 Å². The molecule has 2 heterocycles. The molecule has 1 N–H and O–H groups in total. The van der Waals surface area contributed by atoms with Crippen LogP contribution < -0.4 is 5.32 Å². The number of carbonyl (C=O) groups excluding carboxylic acids is 2. The molecule has 1 aromatic heterocycles. The summed E-state index contributed by atoms with van der Waals surface area (Å²) in [6, 6.07) is -0.427. The molecule has 0 unspecified atom stereocenters. The van der Waals surface area contributed by atoms with Crippen molar-refractivity contribution in [3.8, 4) is 0 Å². The van der Waals surface area contributed by atoms with Crippen LogP contribution in [0.5, 0.6) is 0 Å². The molecule has 0 bridgehead atoms. The van der Waals surface area contributed by atoms with Gasteiger partial charge in [0.2, 0.25) is 5.91 Å². The second-order valence-corrected chi connectivity index (χ2v) is 5.14. The SMILES string of the molecule is CNC(=O)[C@@H]1CN(C)CCN1C(=O)c1cncs1. The molecule has 7 heteroatoms.